The number of nitrogens with one attached hydrogen (secondary N) is 1. The molecule has 2 N–H and O–H groups in total. The minimum absolute atomic E-state index is 0.0548. The average Bonchev–Trinajstić information content (AvgIpc) is 2.80. The van der Waals surface area contributed by atoms with Gasteiger partial charge in [-0.05, 0) is 43.6 Å². The van der Waals surface area contributed by atoms with Crippen molar-refractivity contribution in [2.75, 3.05) is 13.2 Å². The van der Waals surface area contributed by atoms with Crippen LogP contribution in [0.15, 0.2) is 5.38 Å². The van der Waals surface area contributed by atoms with Crippen LogP contribution < -0.4 is 5.32 Å². The molecule has 0 aliphatic heterocycles. The van der Waals surface area contributed by atoms with Crippen molar-refractivity contribution >= 4 is 17.2 Å². The molecule has 100 valence electrons. The van der Waals surface area contributed by atoms with E-state index in [0.29, 0.717) is 12.5 Å². The van der Waals surface area contributed by atoms with Gasteiger partial charge in [-0.1, -0.05) is 6.92 Å². The van der Waals surface area contributed by atoms with E-state index in [1.54, 1.807) is 11.3 Å². The van der Waals surface area contributed by atoms with Gasteiger partial charge in [-0.15, -0.1) is 11.3 Å². The number of hydrogen-bond donors (Lipinski definition) is 2. The smallest absolute Gasteiger partial charge is 0.252 e. The number of aliphatic hydroxyl groups excluding tert-OH is 1. The normalized spacial score (nSPS) is 16.1. The Balaban J connectivity index is 1.95. The van der Waals surface area contributed by atoms with Gasteiger partial charge in [0, 0.05) is 23.4 Å². The molecule has 0 saturated carbocycles. The van der Waals surface area contributed by atoms with Crippen LogP contribution in [0.5, 0.6) is 0 Å². The predicted molar refractivity (Wildman–Crippen MR) is 74.2 cm³/mol. The van der Waals surface area contributed by atoms with Crippen molar-refractivity contribution in [3.8, 4) is 0 Å². The van der Waals surface area contributed by atoms with Crippen molar-refractivity contribution in [2.24, 2.45) is 5.92 Å². The lowest BCUT2D eigenvalue weighted by Crippen LogP contribution is -2.29. The summed E-state index contributed by atoms with van der Waals surface area (Å²) in [5.41, 5.74) is 2.16. The van der Waals surface area contributed by atoms with Gasteiger partial charge in [0.05, 0.1) is 5.56 Å². The summed E-state index contributed by atoms with van der Waals surface area (Å²) in [6.07, 6.45) is 5.37. The Bertz CT molecular complexity index is 414. The second-order valence-electron chi connectivity index (χ2n) is 5.09. The van der Waals surface area contributed by atoms with Crippen LogP contribution in [0.2, 0.25) is 0 Å². The number of thiophene rings is 1. The zero-order valence-electron chi connectivity index (χ0n) is 10.9. The highest BCUT2D eigenvalue weighted by atomic mass is 32.1. The lowest BCUT2D eigenvalue weighted by atomic mass is 9.95. The molecule has 4 heteroatoms. The molecule has 0 saturated heterocycles. The van der Waals surface area contributed by atoms with E-state index in [-0.39, 0.29) is 12.5 Å². The van der Waals surface area contributed by atoms with Gasteiger partial charge in [-0.25, -0.2) is 0 Å². The van der Waals surface area contributed by atoms with E-state index in [4.69, 9.17) is 5.11 Å². The first-order valence-corrected chi connectivity index (χ1v) is 7.58. The lowest BCUT2D eigenvalue weighted by molar-refractivity contribution is 0.0945. The molecule has 0 aromatic carbocycles. The van der Waals surface area contributed by atoms with Crippen LogP contribution in [-0.2, 0) is 12.8 Å². The number of hydrogen-bond acceptors (Lipinski definition) is 3. The van der Waals surface area contributed by atoms with Gasteiger partial charge in [0.25, 0.3) is 5.91 Å². The summed E-state index contributed by atoms with van der Waals surface area (Å²) >= 11 is 1.72. The molecule has 1 atom stereocenters. The second kappa shape index (κ2) is 6.34. The summed E-state index contributed by atoms with van der Waals surface area (Å²) in [6.45, 7) is 2.87. The topological polar surface area (TPSA) is 49.3 Å². The molecule has 1 aliphatic rings. The molecular weight excluding hydrogens is 246 g/mol. The molecule has 1 unspecified atom stereocenters. The molecule has 0 spiro atoms. The number of aliphatic hydroxyl groups is 1. The van der Waals surface area contributed by atoms with Crippen molar-refractivity contribution in [3.05, 3.63) is 21.4 Å². The summed E-state index contributed by atoms with van der Waals surface area (Å²) in [4.78, 5) is 13.5. The van der Waals surface area contributed by atoms with Crippen molar-refractivity contribution in [2.45, 2.75) is 39.0 Å². The van der Waals surface area contributed by atoms with Gasteiger partial charge in [-0.2, -0.15) is 0 Å². The fraction of sp³-hybridized carbons (Fsp3) is 0.643. The van der Waals surface area contributed by atoms with Gasteiger partial charge in [-0.3, -0.25) is 4.79 Å². The number of aryl methyl sites for hydroxylation is 1. The summed E-state index contributed by atoms with van der Waals surface area (Å²) in [5, 5.41) is 13.8. The third kappa shape index (κ3) is 3.12. The van der Waals surface area contributed by atoms with Gasteiger partial charge in [0.15, 0.2) is 0 Å². The minimum Gasteiger partial charge on any atom is -0.396 e. The number of carbonyl (C=O) groups is 1. The fourth-order valence-corrected chi connectivity index (χ4v) is 3.49. The maximum absolute atomic E-state index is 12.1. The standard InChI is InChI=1S/C14H21NO2S/c1-10(6-7-16)8-15-14(17)12-9-18-13-5-3-2-4-11(12)13/h9-10,16H,2-8H2,1H3,(H,15,17). The molecule has 0 radical (unpaired) electrons. The Hall–Kier alpha value is -0.870. The molecule has 1 aliphatic carbocycles. The van der Waals surface area contributed by atoms with Crippen molar-refractivity contribution in [1.82, 2.24) is 5.32 Å². The Morgan fingerprint density at radius 1 is 1.50 bits per heavy atom. The zero-order valence-corrected chi connectivity index (χ0v) is 11.7. The van der Waals surface area contributed by atoms with Crippen LogP contribution in [-0.4, -0.2) is 24.2 Å². The first kappa shape index (κ1) is 13.6. The van der Waals surface area contributed by atoms with E-state index >= 15 is 0 Å². The van der Waals surface area contributed by atoms with E-state index in [1.165, 1.54) is 23.3 Å². The Morgan fingerprint density at radius 3 is 3.06 bits per heavy atom. The number of rotatable bonds is 5. The third-order valence-corrected chi connectivity index (χ3v) is 4.63. The predicted octanol–water partition coefficient (Wildman–Crippen LogP) is 2.38. The molecule has 1 amide bonds. The highest BCUT2D eigenvalue weighted by Gasteiger charge is 2.20. The first-order chi connectivity index (χ1) is 8.72. The molecule has 3 nitrogen and oxygen atoms in total. The highest BCUT2D eigenvalue weighted by molar-refractivity contribution is 7.10. The lowest BCUT2D eigenvalue weighted by Gasteiger charge is -2.14. The molecule has 0 bridgehead atoms. The number of carbonyl (C=O) groups excluding carboxylic acids is 1. The number of fused-ring (bicyclic) bond motifs is 1. The summed E-state index contributed by atoms with van der Waals surface area (Å²) in [5.74, 6) is 0.382. The second-order valence-corrected chi connectivity index (χ2v) is 6.05. The molecule has 1 aromatic heterocycles. The minimum atomic E-state index is 0.0548. The molecule has 1 heterocycles. The summed E-state index contributed by atoms with van der Waals surface area (Å²) in [6, 6.07) is 0. The quantitative estimate of drug-likeness (QED) is 0.860. The van der Waals surface area contributed by atoms with Gasteiger partial charge in [0.1, 0.15) is 0 Å². The van der Waals surface area contributed by atoms with Crippen molar-refractivity contribution in [3.63, 3.8) is 0 Å². The van der Waals surface area contributed by atoms with Crippen LogP contribution in [0, 0.1) is 5.92 Å². The van der Waals surface area contributed by atoms with E-state index < -0.39 is 0 Å². The van der Waals surface area contributed by atoms with Gasteiger partial charge in [0.2, 0.25) is 0 Å². The third-order valence-electron chi connectivity index (χ3n) is 3.54. The van der Waals surface area contributed by atoms with Gasteiger partial charge < -0.3 is 10.4 Å². The van der Waals surface area contributed by atoms with Crippen LogP contribution in [0.4, 0.5) is 0 Å². The van der Waals surface area contributed by atoms with Crippen LogP contribution in [0.3, 0.4) is 0 Å². The van der Waals surface area contributed by atoms with Crippen molar-refractivity contribution in [1.29, 1.82) is 0 Å². The maximum Gasteiger partial charge on any atom is 0.252 e. The largest absolute Gasteiger partial charge is 0.396 e. The van der Waals surface area contributed by atoms with E-state index in [0.717, 1.165) is 24.8 Å². The van der Waals surface area contributed by atoms with Crippen molar-refractivity contribution < 1.29 is 9.90 Å². The molecule has 1 aromatic rings. The van der Waals surface area contributed by atoms with Crippen LogP contribution in [0.1, 0.15) is 47.0 Å². The fourth-order valence-electron chi connectivity index (χ4n) is 2.37. The number of amides is 1. The zero-order chi connectivity index (χ0) is 13.0. The Kier molecular flexibility index (Phi) is 4.78. The van der Waals surface area contributed by atoms with Gasteiger partial charge >= 0.3 is 0 Å². The van der Waals surface area contributed by atoms with E-state index in [1.807, 2.05) is 12.3 Å². The van der Waals surface area contributed by atoms with E-state index in [9.17, 15) is 4.79 Å². The Labute approximate surface area is 112 Å². The SMILES string of the molecule is CC(CCO)CNC(=O)c1csc2c1CCCC2. The average molecular weight is 267 g/mol. The molecular formula is C14H21NO2S. The Morgan fingerprint density at radius 2 is 2.28 bits per heavy atom. The maximum atomic E-state index is 12.1. The summed E-state index contributed by atoms with van der Waals surface area (Å²) < 4.78 is 0. The monoisotopic (exact) mass is 267 g/mol. The molecule has 2 rings (SSSR count). The molecule has 18 heavy (non-hydrogen) atoms. The highest BCUT2D eigenvalue weighted by Crippen LogP contribution is 2.30. The van der Waals surface area contributed by atoms with Crippen LogP contribution in [0.25, 0.3) is 0 Å². The van der Waals surface area contributed by atoms with E-state index in [2.05, 4.69) is 5.32 Å². The molecule has 0 fully saturated rings. The van der Waals surface area contributed by atoms with Crippen LogP contribution >= 0.6 is 11.3 Å². The summed E-state index contributed by atoms with van der Waals surface area (Å²) in [7, 11) is 0. The first-order valence-electron chi connectivity index (χ1n) is 6.70.